The number of anilines is 1. The van der Waals surface area contributed by atoms with Gasteiger partial charge in [0.15, 0.2) is 0 Å². The molecule has 2 amide bonds. The van der Waals surface area contributed by atoms with Crippen molar-refractivity contribution in [3.05, 3.63) is 128 Å². The molecule has 2 heterocycles. The summed E-state index contributed by atoms with van der Waals surface area (Å²) in [6, 6.07) is 18.8. The highest BCUT2D eigenvalue weighted by atomic mass is 19.1. The Bertz CT molecular complexity index is 1850. The zero-order valence-electron chi connectivity index (χ0n) is 21.7. The summed E-state index contributed by atoms with van der Waals surface area (Å²) in [6.07, 6.45) is 1.49. The van der Waals surface area contributed by atoms with Gasteiger partial charge in [-0.3, -0.25) is 19.0 Å². The largest absolute Gasteiger partial charge is 0.467 e. The van der Waals surface area contributed by atoms with E-state index in [1.807, 2.05) is 6.92 Å². The van der Waals surface area contributed by atoms with E-state index in [2.05, 4.69) is 10.6 Å². The van der Waals surface area contributed by atoms with E-state index in [4.69, 9.17) is 4.42 Å². The van der Waals surface area contributed by atoms with Crippen molar-refractivity contribution in [2.45, 2.75) is 26.9 Å². The van der Waals surface area contributed by atoms with E-state index < -0.39 is 35.4 Å². The van der Waals surface area contributed by atoms with Gasteiger partial charge in [-0.25, -0.2) is 13.8 Å². The second kappa shape index (κ2) is 10.9. The zero-order chi connectivity index (χ0) is 28.4. The summed E-state index contributed by atoms with van der Waals surface area (Å²) in [5.41, 5.74) is 0.835. The standard InChI is InChI=1S/C30H25FN4O5/c1-18-5-10-22(11-6-18)35-29(38)24-12-8-20(28(37)32-16-23-4-3-13-40-23)14-26(24)34(30(35)39)17-27(36)33-21-9-7-19(2)25(31)15-21/h3-15H,16-17H2,1-2H3,(H,32,37)(H,33,36). The highest BCUT2D eigenvalue weighted by Crippen LogP contribution is 2.16. The summed E-state index contributed by atoms with van der Waals surface area (Å²) in [6.45, 7) is 3.13. The Morgan fingerprint density at radius 2 is 1.73 bits per heavy atom. The molecule has 40 heavy (non-hydrogen) atoms. The van der Waals surface area contributed by atoms with Crippen LogP contribution in [0.2, 0.25) is 0 Å². The second-order valence-electron chi connectivity index (χ2n) is 9.35. The summed E-state index contributed by atoms with van der Waals surface area (Å²) >= 11 is 0. The summed E-state index contributed by atoms with van der Waals surface area (Å²) in [5.74, 6) is -1.01. The van der Waals surface area contributed by atoms with Gasteiger partial charge < -0.3 is 15.1 Å². The summed E-state index contributed by atoms with van der Waals surface area (Å²) in [7, 11) is 0. The van der Waals surface area contributed by atoms with Gasteiger partial charge in [-0.15, -0.1) is 0 Å². The van der Waals surface area contributed by atoms with E-state index >= 15 is 0 Å². The first kappa shape index (κ1) is 26.4. The van der Waals surface area contributed by atoms with Gasteiger partial charge in [-0.05, 0) is 74.0 Å². The van der Waals surface area contributed by atoms with Crippen LogP contribution in [0.25, 0.3) is 16.6 Å². The number of carbonyl (C=O) groups is 2. The van der Waals surface area contributed by atoms with Gasteiger partial charge >= 0.3 is 5.69 Å². The zero-order valence-corrected chi connectivity index (χ0v) is 21.7. The average Bonchev–Trinajstić information content (AvgIpc) is 3.46. The summed E-state index contributed by atoms with van der Waals surface area (Å²) in [5, 5.41) is 5.45. The van der Waals surface area contributed by atoms with Crippen molar-refractivity contribution >= 4 is 28.4 Å². The minimum absolute atomic E-state index is 0.106. The number of rotatable bonds is 7. The first-order chi connectivity index (χ1) is 19.2. The lowest BCUT2D eigenvalue weighted by molar-refractivity contribution is -0.116. The van der Waals surface area contributed by atoms with Crippen molar-refractivity contribution < 1.29 is 18.4 Å². The molecule has 0 fully saturated rings. The minimum Gasteiger partial charge on any atom is -0.467 e. The lowest BCUT2D eigenvalue weighted by Crippen LogP contribution is -2.41. The van der Waals surface area contributed by atoms with E-state index in [9.17, 15) is 23.6 Å². The van der Waals surface area contributed by atoms with Gasteiger partial charge in [-0.2, -0.15) is 0 Å². The van der Waals surface area contributed by atoms with Gasteiger partial charge in [0.1, 0.15) is 18.1 Å². The molecule has 10 heteroatoms. The first-order valence-electron chi connectivity index (χ1n) is 12.4. The molecule has 0 radical (unpaired) electrons. The van der Waals surface area contributed by atoms with Gasteiger partial charge in [0.25, 0.3) is 11.5 Å². The molecule has 0 saturated carbocycles. The van der Waals surface area contributed by atoms with Gasteiger partial charge in [0.2, 0.25) is 5.91 Å². The van der Waals surface area contributed by atoms with Crippen LogP contribution in [0.5, 0.6) is 0 Å². The second-order valence-corrected chi connectivity index (χ2v) is 9.35. The number of benzene rings is 3. The number of amides is 2. The van der Waals surface area contributed by atoms with Crippen LogP contribution in [0.3, 0.4) is 0 Å². The van der Waals surface area contributed by atoms with Gasteiger partial charge in [0.05, 0.1) is 29.4 Å². The Morgan fingerprint density at radius 3 is 2.42 bits per heavy atom. The smallest absolute Gasteiger partial charge is 0.336 e. The van der Waals surface area contributed by atoms with Crippen LogP contribution in [0.15, 0.2) is 93.1 Å². The lowest BCUT2D eigenvalue weighted by atomic mass is 10.1. The SMILES string of the molecule is Cc1ccc(-n2c(=O)c3ccc(C(=O)NCc4ccco4)cc3n(CC(=O)Nc3ccc(C)c(F)c3)c2=O)cc1. The van der Waals surface area contributed by atoms with Crippen LogP contribution < -0.4 is 21.9 Å². The molecule has 5 aromatic rings. The van der Waals surface area contributed by atoms with E-state index in [1.165, 1.54) is 36.6 Å². The maximum absolute atomic E-state index is 14.0. The Hall–Kier alpha value is -5.25. The Morgan fingerprint density at radius 1 is 0.950 bits per heavy atom. The molecule has 5 rings (SSSR count). The Kier molecular flexibility index (Phi) is 7.15. The summed E-state index contributed by atoms with van der Waals surface area (Å²) < 4.78 is 21.4. The van der Waals surface area contributed by atoms with Crippen molar-refractivity contribution in [1.82, 2.24) is 14.5 Å². The molecular weight excluding hydrogens is 515 g/mol. The quantitative estimate of drug-likeness (QED) is 0.323. The minimum atomic E-state index is -0.764. The number of hydrogen-bond donors (Lipinski definition) is 2. The fourth-order valence-corrected chi connectivity index (χ4v) is 4.28. The highest BCUT2D eigenvalue weighted by Gasteiger charge is 2.19. The van der Waals surface area contributed by atoms with Crippen LogP contribution in [0, 0.1) is 19.7 Å². The number of aryl methyl sites for hydroxylation is 2. The maximum Gasteiger partial charge on any atom is 0.336 e. The number of hydrogen-bond acceptors (Lipinski definition) is 5. The normalized spacial score (nSPS) is 11.0. The number of fused-ring (bicyclic) bond motifs is 1. The third-order valence-electron chi connectivity index (χ3n) is 6.46. The van der Waals surface area contributed by atoms with E-state index in [1.54, 1.807) is 49.4 Å². The molecule has 0 spiro atoms. The molecule has 0 saturated heterocycles. The van der Waals surface area contributed by atoms with Crippen LogP contribution in [0.1, 0.15) is 27.2 Å². The number of nitrogens with zero attached hydrogens (tertiary/aromatic N) is 2. The topological polar surface area (TPSA) is 115 Å². The van der Waals surface area contributed by atoms with Crippen molar-refractivity contribution in [3.8, 4) is 5.69 Å². The van der Waals surface area contributed by atoms with Crippen molar-refractivity contribution in [3.63, 3.8) is 0 Å². The maximum atomic E-state index is 14.0. The lowest BCUT2D eigenvalue weighted by Gasteiger charge is -2.15. The number of halogens is 1. The van der Waals surface area contributed by atoms with Crippen molar-refractivity contribution in [2.75, 3.05) is 5.32 Å². The van der Waals surface area contributed by atoms with Crippen LogP contribution >= 0.6 is 0 Å². The number of furan rings is 1. The predicted molar refractivity (Wildman–Crippen MR) is 148 cm³/mol. The molecule has 3 aromatic carbocycles. The molecule has 2 aromatic heterocycles. The summed E-state index contributed by atoms with van der Waals surface area (Å²) in [4.78, 5) is 53.1. The molecule has 0 atom stereocenters. The third-order valence-corrected chi connectivity index (χ3v) is 6.46. The fraction of sp³-hybridized carbons (Fsp3) is 0.133. The highest BCUT2D eigenvalue weighted by molar-refractivity contribution is 5.98. The number of nitrogens with one attached hydrogen (secondary N) is 2. The molecule has 0 unspecified atom stereocenters. The van der Waals surface area contributed by atoms with E-state index in [0.717, 1.165) is 14.7 Å². The van der Waals surface area contributed by atoms with Crippen LogP contribution in [-0.4, -0.2) is 20.9 Å². The average molecular weight is 541 g/mol. The molecular formula is C30H25FN4O5. The van der Waals surface area contributed by atoms with Crippen molar-refractivity contribution in [1.29, 1.82) is 0 Å². The Labute approximate surface area is 227 Å². The number of aromatic nitrogens is 2. The monoisotopic (exact) mass is 540 g/mol. The fourth-order valence-electron chi connectivity index (χ4n) is 4.28. The molecule has 0 aliphatic rings. The molecule has 2 N–H and O–H groups in total. The van der Waals surface area contributed by atoms with E-state index in [-0.39, 0.29) is 28.7 Å². The number of carbonyl (C=O) groups excluding carboxylic acids is 2. The van der Waals surface area contributed by atoms with Crippen molar-refractivity contribution in [2.24, 2.45) is 0 Å². The molecule has 0 aliphatic heterocycles. The molecule has 202 valence electrons. The first-order valence-corrected chi connectivity index (χ1v) is 12.4. The third kappa shape index (κ3) is 5.32. The predicted octanol–water partition coefficient (Wildman–Crippen LogP) is 4.07. The van der Waals surface area contributed by atoms with Gasteiger partial charge in [-0.1, -0.05) is 23.8 Å². The van der Waals surface area contributed by atoms with Crippen LogP contribution in [-0.2, 0) is 17.9 Å². The molecule has 0 bridgehead atoms. The van der Waals surface area contributed by atoms with Gasteiger partial charge in [0, 0.05) is 11.3 Å². The van der Waals surface area contributed by atoms with Crippen LogP contribution in [0.4, 0.5) is 10.1 Å². The Balaban J connectivity index is 1.58. The molecule has 9 nitrogen and oxygen atoms in total. The van der Waals surface area contributed by atoms with E-state index in [0.29, 0.717) is 17.0 Å². The molecule has 0 aliphatic carbocycles.